The van der Waals surface area contributed by atoms with Crippen LogP contribution in [0, 0.1) is 0 Å². The van der Waals surface area contributed by atoms with Gasteiger partial charge in [-0.2, -0.15) is 0 Å². The average Bonchev–Trinajstić information content (AvgIpc) is 2.96. The number of carbonyl (C=O) groups is 2. The summed E-state index contributed by atoms with van der Waals surface area (Å²) in [5, 5.41) is 12.0. The highest BCUT2D eigenvalue weighted by atomic mass is 16.5. The quantitative estimate of drug-likeness (QED) is 0.844. The van der Waals surface area contributed by atoms with Crippen molar-refractivity contribution < 1.29 is 19.4 Å². The second-order valence-electron chi connectivity index (χ2n) is 6.49. The van der Waals surface area contributed by atoms with Crippen molar-refractivity contribution in [3.05, 3.63) is 35.9 Å². The van der Waals surface area contributed by atoms with Crippen LogP contribution in [0.5, 0.6) is 0 Å². The number of carboxylic acids is 1. The Morgan fingerprint density at radius 3 is 2.55 bits per heavy atom. The van der Waals surface area contributed by atoms with E-state index in [-0.39, 0.29) is 24.3 Å². The molecule has 1 aliphatic rings. The maximum atomic E-state index is 12.2. The fourth-order valence-electron chi connectivity index (χ4n) is 2.67. The molecular weight excluding hydrogens is 282 g/mol. The molecule has 0 aliphatic carbocycles. The van der Waals surface area contributed by atoms with Crippen LogP contribution in [0.1, 0.15) is 38.7 Å². The Kier molecular flexibility index (Phi) is 4.86. The lowest BCUT2D eigenvalue weighted by atomic mass is 9.80. The van der Waals surface area contributed by atoms with E-state index in [1.54, 1.807) is 0 Å². The van der Waals surface area contributed by atoms with Gasteiger partial charge in [0, 0.05) is 19.4 Å². The second kappa shape index (κ2) is 6.48. The molecule has 22 heavy (non-hydrogen) atoms. The first-order chi connectivity index (χ1) is 10.4. The molecule has 2 N–H and O–H groups in total. The second-order valence-corrected chi connectivity index (χ2v) is 6.49. The summed E-state index contributed by atoms with van der Waals surface area (Å²) in [7, 11) is 0. The lowest BCUT2D eigenvalue weighted by molar-refractivity contribution is -0.147. The molecule has 0 spiro atoms. The van der Waals surface area contributed by atoms with Crippen LogP contribution in [-0.2, 0) is 19.7 Å². The van der Waals surface area contributed by atoms with Crippen LogP contribution in [0.25, 0.3) is 0 Å². The van der Waals surface area contributed by atoms with Crippen molar-refractivity contribution >= 4 is 11.9 Å². The minimum Gasteiger partial charge on any atom is -0.479 e. The lowest BCUT2D eigenvalue weighted by Gasteiger charge is -2.27. The van der Waals surface area contributed by atoms with Crippen molar-refractivity contribution in [2.45, 2.75) is 44.1 Å². The summed E-state index contributed by atoms with van der Waals surface area (Å²) in [5.41, 5.74) is -0.227. The van der Waals surface area contributed by atoms with E-state index in [1.807, 2.05) is 30.3 Å². The molecule has 5 heteroatoms. The summed E-state index contributed by atoms with van der Waals surface area (Å²) in [6.07, 6.45) is 1.26. The van der Waals surface area contributed by atoms with Gasteiger partial charge in [-0.05, 0) is 17.4 Å². The molecule has 0 saturated carbocycles. The van der Waals surface area contributed by atoms with Crippen LogP contribution in [0.2, 0.25) is 0 Å². The van der Waals surface area contributed by atoms with Gasteiger partial charge in [0.1, 0.15) is 0 Å². The molecule has 5 nitrogen and oxygen atoms in total. The lowest BCUT2D eigenvalue weighted by Crippen LogP contribution is -2.55. The minimum atomic E-state index is -1.26. The van der Waals surface area contributed by atoms with Crippen molar-refractivity contribution in [2.24, 2.45) is 0 Å². The third kappa shape index (κ3) is 3.65. The minimum absolute atomic E-state index is 0.0378. The molecule has 1 fully saturated rings. The van der Waals surface area contributed by atoms with Crippen LogP contribution in [0.4, 0.5) is 0 Å². The first-order valence-corrected chi connectivity index (χ1v) is 7.53. The van der Waals surface area contributed by atoms with Crippen LogP contribution in [0.15, 0.2) is 30.3 Å². The van der Waals surface area contributed by atoms with Crippen molar-refractivity contribution in [3.8, 4) is 0 Å². The van der Waals surface area contributed by atoms with Gasteiger partial charge in [0.2, 0.25) is 5.91 Å². The van der Waals surface area contributed by atoms with E-state index in [9.17, 15) is 14.7 Å². The van der Waals surface area contributed by atoms with Gasteiger partial charge in [0.05, 0.1) is 6.61 Å². The van der Waals surface area contributed by atoms with Crippen molar-refractivity contribution in [1.82, 2.24) is 5.32 Å². The topological polar surface area (TPSA) is 75.6 Å². The standard InChI is InChI=1S/C17H23NO4/c1-16(2,13-6-4-3-5-7-13)9-8-14(19)18-17(15(20)21)10-11-22-12-17/h3-7H,8-12H2,1-2H3,(H,18,19)(H,20,21). The number of rotatable bonds is 6. The molecule has 2 rings (SSSR count). The molecular formula is C17H23NO4. The van der Waals surface area contributed by atoms with Gasteiger partial charge in [-0.25, -0.2) is 4.79 Å². The SMILES string of the molecule is CC(C)(CCC(=O)NC1(C(=O)O)CCOC1)c1ccccc1. The van der Waals surface area contributed by atoms with Gasteiger partial charge < -0.3 is 15.2 Å². The van der Waals surface area contributed by atoms with Gasteiger partial charge in [0.15, 0.2) is 5.54 Å². The molecule has 1 amide bonds. The number of hydrogen-bond acceptors (Lipinski definition) is 3. The first kappa shape index (κ1) is 16.5. The zero-order chi connectivity index (χ0) is 16.2. The molecule has 1 unspecified atom stereocenters. The smallest absolute Gasteiger partial charge is 0.331 e. The number of ether oxygens (including phenoxy) is 1. The van der Waals surface area contributed by atoms with Gasteiger partial charge in [-0.3, -0.25) is 4.79 Å². The third-order valence-electron chi connectivity index (χ3n) is 4.34. The summed E-state index contributed by atoms with van der Waals surface area (Å²) in [5.74, 6) is -1.27. The fraction of sp³-hybridized carbons (Fsp3) is 0.529. The number of hydrogen-bond donors (Lipinski definition) is 2. The number of benzene rings is 1. The van der Waals surface area contributed by atoms with Gasteiger partial charge >= 0.3 is 5.97 Å². The van der Waals surface area contributed by atoms with E-state index in [1.165, 1.54) is 5.56 Å². The molecule has 1 heterocycles. The number of carbonyl (C=O) groups excluding carboxylic acids is 1. The Balaban J connectivity index is 1.94. The Morgan fingerprint density at radius 2 is 2.00 bits per heavy atom. The van der Waals surface area contributed by atoms with Gasteiger partial charge in [0.25, 0.3) is 0 Å². The van der Waals surface area contributed by atoms with Crippen LogP contribution in [0.3, 0.4) is 0 Å². The van der Waals surface area contributed by atoms with E-state index < -0.39 is 11.5 Å². The van der Waals surface area contributed by atoms with Crippen LogP contribution in [-0.4, -0.2) is 35.7 Å². The summed E-state index contributed by atoms with van der Waals surface area (Å²) < 4.78 is 5.14. The predicted octanol–water partition coefficient (Wildman–Crippen LogP) is 2.10. The van der Waals surface area contributed by atoms with E-state index in [2.05, 4.69) is 19.2 Å². The Labute approximate surface area is 130 Å². The molecule has 1 atom stereocenters. The maximum absolute atomic E-state index is 12.2. The molecule has 0 aromatic heterocycles. The van der Waals surface area contributed by atoms with E-state index >= 15 is 0 Å². The average molecular weight is 305 g/mol. The largest absolute Gasteiger partial charge is 0.479 e. The maximum Gasteiger partial charge on any atom is 0.331 e. The van der Waals surface area contributed by atoms with Gasteiger partial charge in [-0.1, -0.05) is 44.2 Å². The van der Waals surface area contributed by atoms with E-state index in [4.69, 9.17) is 4.74 Å². The molecule has 1 saturated heterocycles. The first-order valence-electron chi connectivity index (χ1n) is 7.53. The molecule has 120 valence electrons. The summed E-state index contributed by atoms with van der Waals surface area (Å²) >= 11 is 0. The van der Waals surface area contributed by atoms with E-state index in [0.29, 0.717) is 19.4 Å². The predicted molar refractivity (Wildman–Crippen MR) is 82.6 cm³/mol. The van der Waals surface area contributed by atoms with Crippen molar-refractivity contribution in [3.63, 3.8) is 0 Å². The Hall–Kier alpha value is -1.88. The number of carboxylic acid groups (broad SMARTS) is 1. The van der Waals surface area contributed by atoms with Crippen molar-refractivity contribution in [1.29, 1.82) is 0 Å². The number of nitrogens with one attached hydrogen (secondary N) is 1. The summed E-state index contributed by atoms with van der Waals surface area (Å²) in [6.45, 7) is 4.57. The Morgan fingerprint density at radius 1 is 1.32 bits per heavy atom. The highest BCUT2D eigenvalue weighted by Gasteiger charge is 2.43. The molecule has 1 aromatic rings. The summed E-state index contributed by atoms with van der Waals surface area (Å²) in [6, 6.07) is 10.0. The normalized spacial score (nSPS) is 21.5. The molecule has 0 bridgehead atoms. The molecule has 0 radical (unpaired) electrons. The van der Waals surface area contributed by atoms with E-state index in [0.717, 1.165) is 0 Å². The Bertz CT molecular complexity index is 533. The molecule has 1 aliphatic heterocycles. The summed E-state index contributed by atoms with van der Waals surface area (Å²) in [4.78, 5) is 23.5. The number of amides is 1. The zero-order valence-electron chi connectivity index (χ0n) is 13.1. The van der Waals surface area contributed by atoms with Crippen LogP contribution >= 0.6 is 0 Å². The highest BCUT2D eigenvalue weighted by molar-refractivity contribution is 5.87. The number of aliphatic carboxylic acids is 1. The highest BCUT2D eigenvalue weighted by Crippen LogP contribution is 2.28. The fourth-order valence-corrected chi connectivity index (χ4v) is 2.67. The molecule has 1 aromatic carbocycles. The zero-order valence-corrected chi connectivity index (χ0v) is 13.1. The van der Waals surface area contributed by atoms with Crippen molar-refractivity contribution in [2.75, 3.05) is 13.2 Å². The third-order valence-corrected chi connectivity index (χ3v) is 4.34. The van der Waals surface area contributed by atoms with Gasteiger partial charge in [-0.15, -0.1) is 0 Å². The monoisotopic (exact) mass is 305 g/mol. The van der Waals surface area contributed by atoms with Crippen LogP contribution < -0.4 is 5.32 Å².